The average molecular weight is 390 g/mol. The van der Waals surface area contributed by atoms with Crippen molar-refractivity contribution in [3.63, 3.8) is 0 Å². The van der Waals surface area contributed by atoms with Crippen molar-refractivity contribution >= 4 is 39.2 Å². The quantitative estimate of drug-likeness (QED) is 0.752. The molecule has 3 amide bonds. The van der Waals surface area contributed by atoms with Gasteiger partial charge in [0.2, 0.25) is 5.91 Å². The molecule has 0 spiro atoms. The summed E-state index contributed by atoms with van der Waals surface area (Å²) in [6, 6.07) is 9.91. The summed E-state index contributed by atoms with van der Waals surface area (Å²) >= 11 is 3.26. The third-order valence-electron chi connectivity index (χ3n) is 3.92. The molecule has 24 heavy (non-hydrogen) atoms. The highest BCUT2D eigenvalue weighted by Crippen LogP contribution is 2.30. The number of nitrogens with one attached hydrogen (secondary N) is 1. The molecule has 7 heteroatoms. The Hall–Kier alpha value is -2.54. The van der Waals surface area contributed by atoms with Crippen LogP contribution in [0, 0.1) is 0 Å². The van der Waals surface area contributed by atoms with Gasteiger partial charge in [0.25, 0.3) is 0 Å². The number of anilines is 2. The van der Waals surface area contributed by atoms with Crippen LogP contribution in [0.3, 0.4) is 0 Å². The van der Waals surface area contributed by atoms with Crippen molar-refractivity contribution in [2.45, 2.75) is 12.8 Å². The molecule has 1 aliphatic rings. The Morgan fingerprint density at radius 3 is 2.75 bits per heavy atom. The first-order chi connectivity index (χ1) is 11.4. The Labute approximate surface area is 147 Å². The predicted molar refractivity (Wildman–Crippen MR) is 95.2 cm³/mol. The Balaban J connectivity index is 1.70. The molecule has 0 unspecified atom stereocenters. The Morgan fingerprint density at radius 2 is 2.04 bits per heavy atom. The number of fused-ring (bicyclic) bond motifs is 1. The number of hydrogen-bond donors (Lipinski definition) is 3. The van der Waals surface area contributed by atoms with Crippen LogP contribution in [0.1, 0.15) is 11.1 Å². The van der Waals surface area contributed by atoms with E-state index in [1.165, 1.54) is 4.90 Å². The van der Waals surface area contributed by atoms with Gasteiger partial charge in [0, 0.05) is 28.0 Å². The van der Waals surface area contributed by atoms with Gasteiger partial charge in [-0.15, -0.1) is 0 Å². The van der Waals surface area contributed by atoms with Crippen LogP contribution in [0.5, 0.6) is 5.75 Å². The highest BCUT2D eigenvalue weighted by Gasteiger charge is 2.23. The van der Waals surface area contributed by atoms with E-state index in [4.69, 9.17) is 5.73 Å². The zero-order valence-electron chi connectivity index (χ0n) is 12.8. The molecule has 124 valence electrons. The third-order valence-corrected chi connectivity index (χ3v) is 4.42. The van der Waals surface area contributed by atoms with Gasteiger partial charge < -0.3 is 16.2 Å². The van der Waals surface area contributed by atoms with Crippen molar-refractivity contribution in [1.82, 2.24) is 0 Å². The second kappa shape index (κ2) is 6.52. The summed E-state index contributed by atoms with van der Waals surface area (Å²) in [4.78, 5) is 25.0. The summed E-state index contributed by atoms with van der Waals surface area (Å²) in [7, 11) is 0. The lowest BCUT2D eigenvalue weighted by Gasteiger charge is -2.14. The van der Waals surface area contributed by atoms with Crippen molar-refractivity contribution in [3.05, 3.63) is 52.0 Å². The minimum absolute atomic E-state index is 0.0730. The van der Waals surface area contributed by atoms with Crippen LogP contribution in [0.2, 0.25) is 0 Å². The Kier molecular flexibility index (Phi) is 4.44. The van der Waals surface area contributed by atoms with Crippen LogP contribution in [0.4, 0.5) is 16.2 Å². The smallest absolute Gasteiger partial charge is 0.319 e. The monoisotopic (exact) mass is 389 g/mol. The highest BCUT2D eigenvalue weighted by molar-refractivity contribution is 9.10. The fourth-order valence-electron chi connectivity index (χ4n) is 2.77. The molecule has 6 nitrogen and oxygen atoms in total. The maximum atomic E-state index is 12.2. The summed E-state index contributed by atoms with van der Waals surface area (Å²) in [6.07, 6.45) is 0.777. The van der Waals surface area contributed by atoms with Gasteiger partial charge >= 0.3 is 6.03 Å². The van der Waals surface area contributed by atoms with Crippen LogP contribution in [0.25, 0.3) is 0 Å². The van der Waals surface area contributed by atoms with Crippen LogP contribution in [0.15, 0.2) is 40.9 Å². The predicted octanol–water partition coefficient (Wildman–Crippen LogP) is 2.78. The number of phenols is 1. The lowest BCUT2D eigenvalue weighted by Crippen LogP contribution is -2.33. The van der Waals surface area contributed by atoms with E-state index >= 15 is 0 Å². The van der Waals surface area contributed by atoms with Crippen LogP contribution >= 0.6 is 15.9 Å². The van der Waals surface area contributed by atoms with Crippen LogP contribution < -0.4 is 16.0 Å². The van der Waals surface area contributed by atoms with E-state index in [1.807, 2.05) is 6.07 Å². The van der Waals surface area contributed by atoms with Gasteiger partial charge in [-0.1, -0.05) is 22.0 Å². The number of nitrogens with zero attached hydrogens (tertiary/aromatic N) is 1. The second-order valence-corrected chi connectivity index (χ2v) is 6.50. The van der Waals surface area contributed by atoms with Crippen molar-refractivity contribution in [2.75, 3.05) is 16.8 Å². The van der Waals surface area contributed by atoms with Crippen molar-refractivity contribution < 1.29 is 14.7 Å². The van der Waals surface area contributed by atoms with Gasteiger partial charge in [0.05, 0.1) is 6.42 Å². The van der Waals surface area contributed by atoms with Crippen LogP contribution in [-0.2, 0) is 17.6 Å². The molecule has 0 radical (unpaired) electrons. The van der Waals surface area contributed by atoms with Gasteiger partial charge in [-0.3, -0.25) is 9.69 Å². The van der Waals surface area contributed by atoms with Crippen molar-refractivity contribution in [3.8, 4) is 5.75 Å². The number of carbonyl (C=O) groups excluding carboxylic acids is 2. The topological polar surface area (TPSA) is 95.7 Å². The molecule has 3 rings (SSSR count). The molecule has 2 aromatic rings. The first-order valence-electron chi connectivity index (χ1n) is 7.41. The molecule has 0 saturated carbocycles. The summed E-state index contributed by atoms with van der Waals surface area (Å²) in [5.41, 5.74) is 8.29. The molecule has 0 aliphatic carbocycles. The molecule has 4 N–H and O–H groups in total. The molecule has 1 heterocycles. The van der Waals surface area contributed by atoms with E-state index in [0.29, 0.717) is 24.2 Å². The number of halogens is 1. The molecule has 0 bridgehead atoms. The van der Waals surface area contributed by atoms with Gasteiger partial charge in [-0.25, -0.2) is 4.79 Å². The third kappa shape index (κ3) is 3.35. The van der Waals surface area contributed by atoms with Gasteiger partial charge in [-0.2, -0.15) is 0 Å². The lowest BCUT2D eigenvalue weighted by molar-refractivity contribution is -0.115. The second-order valence-electron chi connectivity index (χ2n) is 5.58. The first kappa shape index (κ1) is 16.3. The Morgan fingerprint density at radius 1 is 1.25 bits per heavy atom. The molecule has 0 atom stereocenters. The van der Waals surface area contributed by atoms with E-state index in [-0.39, 0.29) is 18.1 Å². The molecule has 0 saturated heterocycles. The number of hydrogen-bond acceptors (Lipinski definition) is 3. The number of urea groups is 1. The first-order valence-corrected chi connectivity index (χ1v) is 8.20. The van der Waals surface area contributed by atoms with Gasteiger partial charge in [0.1, 0.15) is 5.75 Å². The maximum Gasteiger partial charge on any atom is 0.319 e. The molecule has 1 aliphatic heterocycles. The normalized spacial score (nSPS) is 12.8. The van der Waals surface area contributed by atoms with Crippen molar-refractivity contribution in [2.24, 2.45) is 5.73 Å². The van der Waals surface area contributed by atoms with Crippen molar-refractivity contribution in [1.29, 1.82) is 0 Å². The van der Waals surface area contributed by atoms with E-state index < -0.39 is 6.03 Å². The van der Waals surface area contributed by atoms with E-state index in [2.05, 4.69) is 21.2 Å². The molecule has 2 aromatic carbocycles. The highest BCUT2D eigenvalue weighted by atomic mass is 79.9. The standard InChI is InChI=1S/C17H16BrN3O3/c18-12-2-1-11(15(22)9-12)8-16(23)20-13-3-4-14-10(7-13)5-6-21(14)17(19)24/h1-4,7,9,22H,5-6,8H2,(H2,19,24)(H,20,23). The zero-order valence-corrected chi connectivity index (χ0v) is 14.3. The largest absolute Gasteiger partial charge is 0.508 e. The summed E-state index contributed by atoms with van der Waals surface area (Å²) in [5, 5.41) is 12.7. The summed E-state index contributed by atoms with van der Waals surface area (Å²) in [5.74, 6) is -0.150. The van der Waals surface area contributed by atoms with Gasteiger partial charge in [0.15, 0.2) is 0 Å². The summed E-state index contributed by atoms with van der Waals surface area (Å²) < 4.78 is 0.752. The minimum Gasteiger partial charge on any atom is -0.508 e. The van der Waals surface area contributed by atoms with E-state index in [1.54, 1.807) is 30.3 Å². The lowest BCUT2D eigenvalue weighted by atomic mass is 10.1. The fourth-order valence-corrected chi connectivity index (χ4v) is 3.12. The maximum absolute atomic E-state index is 12.2. The Bertz CT molecular complexity index is 823. The van der Waals surface area contributed by atoms with Gasteiger partial charge in [-0.05, 0) is 42.3 Å². The SMILES string of the molecule is NC(=O)N1CCc2cc(NC(=O)Cc3ccc(Br)cc3O)ccc21. The number of benzene rings is 2. The average Bonchev–Trinajstić information content (AvgIpc) is 2.93. The fraction of sp³-hybridized carbons (Fsp3) is 0.176. The van der Waals surface area contributed by atoms with E-state index in [0.717, 1.165) is 15.7 Å². The minimum atomic E-state index is -0.476. The number of aromatic hydroxyl groups is 1. The number of carbonyl (C=O) groups is 2. The number of nitrogens with two attached hydrogens (primary N) is 1. The molecule has 0 fully saturated rings. The summed E-state index contributed by atoms with van der Waals surface area (Å²) in [6.45, 7) is 0.550. The number of primary amides is 1. The number of phenolic OH excluding ortho intramolecular Hbond substituents is 1. The van der Waals surface area contributed by atoms with E-state index in [9.17, 15) is 14.7 Å². The molecule has 0 aromatic heterocycles. The molecular weight excluding hydrogens is 374 g/mol. The number of rotatable bonds is 3. The van der Waals surface area contributed by atoms with Crippen LogP contribution in [-0.4, -0.2) is 23.6 Å². The molecular formula is C17H16BrN3O3. The zero-order chi connectivity index (χ0) is 17.3. The number of amides is 3.